The average Bonchev–Trinajstić information content (AvgIpc) is 3.00. The number of nitrogens with zero attached hydrogens (tertiary/aromatic N) is 1. The van der Waals surface area contributed by atoms with Gasteiger partial charge in [0, 0.05) is 30.5 Å². The van der Waals surface area contributed by atoms with Crippen LogP contribution in [0, 0.1) is 0 Å². The van der Waals surface area contributed by atoms with Gasteiger partial charge in [0.05, 0.1) is 4.90 Å². The minimum absolute atomic E-state index is 0.0117. The van der Waals surface area contributed by atoms with Crippen molar-refractivity contribution in [1.82, 2.24) is 4.57 Å². The van der Waals surface area contributed by atoms with Crippen LogP contribution < -0.4 is 10.5 Å². The predicted molar refractivity (Wildman–Crippen MR) is 89.6 cm³/mol. The second kappa shape index (κ2) is 6.97. The monoisotopic (exact) mass is 335 g/mol. The molecule has 1 unspecified atom stereocenters. The number of hydrogen-bond donors (Lipinski definition) is 2. The smallest absolute Gasteiger partial charge is 0.238 e. The van der Waals surface area contributed by atoms with Gasteiger partial charge in [-0.05, 0) is 43.2 Å². The number of anilines is 1. The second-order valence-corrected chi connectivity index (χ2v) is 6.98. The van der Waals surface area contributed by atoms with Gasteiger partial charge in [0.2, 0.25) is 15.9 Å². The van der Waals surface area contributed by atoms with Crippen molar-refractivity contribution in [3.8, 4) is 0 Å². The van der Waals surface area contributed by atoms with E-state index < -0.39 is 10.0 Å². The molecule has 2 aromatic rings. The summed E-state index contributed by atoms with van der Waals surface area (Å²) in [7, 11) is -3.82. The largest absolute Gasteiger partial charge is 0.351 e. The number of rotatable bonds is 6. The summed E-state index contributed by atoms with van der Waals surface area (Å²) in [6, 6.07) is 8.58. The topological polar surface area (TPSA) is 94.2 Å². The molecule has 2 rings (SSSR count). The zero-order valence-corrected chi connectivity index (χ0v) is 14.0. The zero-order chi connectivity index (χ0) is 17.0. The first kappa shape index (κ1) is 17.2. The van der Waals surface area contributed by atoms with E-state index >= 15 is 0 Å². The number of carbonyl (C=O) groups excluding carboxylic acids is 1. The zero-order valence-electron chi connectivity index (χ0n) is 13.2. The van der Waals surface area contributed by atoms with Crippen molar-refractivity contribution in [2.75, 3.05) is 5.32 Å². The van der Waals surface area contributed by atoms with E-state index in [1.165, 1.54) is 6.07 Å². The third-order valence-corrected chi connectivity index (χ3v) is 4.65. The van der Waals surface area contributed by atoms with Crippen molar-refractivity contribution in [3.63, 3.8) is 0 Å². The molecule has 0 saturated carbocycles. The Bertz CT molecular complexity index is 783. The Hall–Kier alpha value is -2.12. The first-order valence-electron chi connectivity index (χ1n) is 7.39. The Morgan fingerprint density at radius 2 is 1.96 bits per heavy atom. The summed E-state index contributed by atoms with van der Waals surface area (Å²) in [5, 5.41) is 7.96. The summed E-state index contributed by atoms with van der Waals surface area (Å²) in [6.07, 6.45) is 4.62. The molecule has 124 valence electrons. The van der Waals surface area contributed by atoms with Crippen LogP contribution in [-0.2, 0) is 21.2 Å². The number of carbonyl (C=O) groups is 1. The fourth-order valence-electron chi connectivity index (χ4n) is 2.42. The van der Waals surface area contributed by atoms with Gasteiger partial charge in [-0.1, -0.05) is 13.0 Å². The van der Waals surface area contributed by atoms with Crippen LogP contribution in [0.25, 0.3) is 0 Å². The maximum absolute atomic E-state index is 12.1. The number of benzene rings is 1. The molecule has 1 aromatic heterocycles. The maximum atomic E-state index is 12.1. The lowest BCUT2D eigenvalue weighted by molar-refractivity contribution is -0.116. The lowest BCUT2D eigenvalue weighted by atomic mass is 10.1. The van der Waals surface area contributed by atoms with Crippen molar-refractivity contribution in [3.05, 3.63) is 48.3 Å². The number of amides is 1. The SMILES string of the molecule is CCc1ccc(NC(=O)CC(C)n2cccc2)cc1S(N)(=O)=O. The van der Waals surface area contributed by atoms with Gasteiger partial charge in [0.15, 0.2) is 0 Å². The molecular weight excluding hydrogens is 314 g/mol. The van der Waals surface area contributed by atoms with Crippen LogP contribution in [-0.4, -0.2) is 18.9 Å². The Morgan fingerprint density at radius 3 is 2.52 bits per heavy atom. The molecule has 23 heavy (non-hydrogen) atoms. The second-order valence-electron chi connectivity index (χ2n) is 5.45. The van der Waals surface area contributed by atoms with Crippen LogP contribution in [0.1, 0.15) is 31.9 Å². The highest BCUT2D eigenvalue weighted by Gasteiger charge is 2.15. The van der Waals surface area contributed by atoms with Gasteiger partial charge in [0.25, 0.3) is 0 Å². The van der Waals surface area contributed by atoms with Crippen LogP contribution in [0.15, 0.2) is 47.6 Å². The normalized spacial score (nSPS) is 12.8. The van der Waals surface area contributed by atoms with E-state index in [4.69, 9.17) is 5.14 Å². The number of hydrogen-bond acceptors (Lipinski definition) is 3. The van der Waals surface area contributed by atoms with E-state index in [0.29, 0.717) is 17.7 Å². The van der Waals surface area contributed by atoms with Gasteiger partial charge in [-0.15, -0.1) is 0 Å². The molecule has 0 radical (unpaired) electrons. The molecule has 3 N–H and O–H groups in total. The van der Waals surface area contributed by atoms with E-state index in [1.54, 1.807) is 12.1 Å². The number of nitrogens with one attached hydrogen (secondary N) is 1. The van der Waals surface area contributed by atoms with Gasteiger partial charge in [0.1, 0.15) is 0 Å². The highest BCUT2D eigenvalue weighted by Crippen LogP contribution is 2.21. The summed E-state index contributed by atoms with van der Waals surface area (Å²) < 4.78 is 25.2. The molecule has 0 saturated heterocycles. The minimum Gasteiger partial charge on any atom is -0.351 e. The van der Waals surface area contributed by atoms with E-state index in [9.17, 15) is 13.2 Å². The standard InChI is InChI=1S/C16H21N3O3S/c1-3-13-6-7-14(11-15(13)23(17,21)22)18-16(20)10-12(2)19-8-4-5-9-19/h4-9,11-12H,3,10H2,1-2H3,(H,18,20)(H2,17,21,22). The summed E-state index contributed by atoms with van der Waals surface area (Å²) in [6.45, 7) is 3.79. The Balaban J connectivity index is 2.12. The van der Waals surface area contributed by atoms with Gasteiger partial charge in [-0.3, -0.25) is 4.79 Å². The van der Waals surface area contributed by atoms with E-state index in [1.807, 2.05) is 42.9 Å². The minimum atomic E-state index is -3.82. The van der Waals surface area contributed by atoms with Gasteiger partial charge in [-0.2, -0.15) is 0 Å². The maximum Gasteiger partial charge on any atom is 0.238 e. The summed E-state index contributed by atoms with van der Waals surface area (Å²) in [5.74, 6) is -0.184. The molecule has 6 nitrogen and oxygen atoms in total. The first-order chi connectivity index (χ1) is 10.8. The third-order valence-electron chi connectivity index (χ3n) is 3.66. The lowest BCUT2D eigenvalue weighted by Crippen LogP contribution is -2.18. The Morgan fingerprint density at radius 1 is 1.30 bits per heavy atom. The van der Waals surface area contributed by atoms with Gasteiger partial charge >= 0.3 is 0 Å². The molecule has 1 atom stereocenters. The first-order valence-corrected chi connectivity index (χ1v) is 8.94. The van der Waals surface area contributed by atoms with Gasteiger partial charge < -0.3 is 9.88 Å². The molecule has 0 aliphatic carbocycles. The molecule has 0 bridgehead atoms. The highest BCUT2D eigenvalue weighted by molar-refractivity contribution is 7.89. The van der Waals surface area contributed by atoms with Crippen LogP contribution in [0.4, 0.5) is 5.69 Å². The quantitative estimate of drug-likeness (QED) is 0.848. The number of aromatic nitrogens is 1. The van der Waals surface area contributed by atoms with Crippen LogP contribution >= 0.6 is 0 Å². The molecule has 7 heteroatoms. The van der Waals surface area contributed by atoms with E-state index in [2.05, 4.69) is 5.32 Å². The van der Waals surface area contributed by atoms with Crippen molar-refractivity contribution in [1.29, 1.82) is 0 Å². The van der Waals surface area contributed by atoms with Crippen LogP contribution in [0.5, 0.6) is 0 Å². The molecule has 1 heterocycles. The summed E-state index contributed by atoms with van der Waals surface area (Å²) in [5.41, 5.74) is 1.06. The predicted octanol–water partition coefficient (Wildman–Crippen LogP) is 2.29. The fraction of sp³-hybridized carbons (Fsp3) is 0.312. The highest BCUT2D eigenvalue weighted by atomic mass is 32.2. The third kappa shape index (κ3) is 4.43. The van der Waals surface area contributed by atoms with Crippen molar-refractivity contribution in [2.45, 2.75) is 37.6 Å². The molecular formula is C16H21N3O3S. The Labute approximate surface area is 136 Å². The summed E-state index contributed by atoms with van der Waals surface area (Å²) in [4.78, 5) is 12.2. The van der Waals surface area contributed by atoms with E-state index in [-0.39, 0.29) is 23.3 Å². The average molecular weight is 335 g/mol. The Kier molecular flexibility index (Phi) is 5.23. The molecule has 0 aliphatic heterocycles. The molecule has 1 aromatic carbocycles. The number of nitrogens with two attached hydrogens (primary N) is 1. The summed E-state index contributed by atoms with van der Waals surface area (Å²) >= 11 is 0. The molecule has 0 fully saturated rings. The number of primary sulfonamides is 1. The van der Waals surface area contributed by atoms with Crippen molar-refractivity contribution < 1.29 is 13.2 Å². The van der Waals surface area contributed by atoms with Crippen LogP contribution in [0.3, 0.4) is 0 Å². The fourth-order valence-corrected chi connectivity index (χ4v) is 3.29. The van der Waals surface area contributed by atoms with Crippen molar-refractivity contribution >= 4 is 21.6 Å². The molecule has 0 aliphatic rings. The van der Waals surface area contributed by atoms with Crippen molar-refractivity contribution in [2.24, 2.45) is 5.14 Å². The van der Waals surface area contributed by atoms with E-state index in [0.717, 1.165) is 0 Å². The number of aryl methyl sites for hydroxylation is 1. The molecule has 1 amide bonds. The number of sulfonamides is 1. The van der Waals surface area contributed by atoms with Crippen LogP contribution in [0.2, 0.25) is 0 Å². The van der Waals surface area contributed by atoms with Gasteiger partial charge in [-0.25, -0.2) is 13.6 Å². The lowest BCUT2D eigenvalue weighted by Gasteiger charge is -2.14. The molecule has 0 spiro atoms.